The predicted molar refractivity (Wildman–Crippen MR) is 99.2 cm³/mol. The minimum atomic E-state index is -0.369. The first-order valence-electron chi connectivity index (χ1n) is 9.46. The fraction of sp³-hybridized carbons (Fsp3) is 0.619. The van der Waals surface area contributed by atoms with Gasteiger partial charge < -0.3 is 9.80 Å². The molecule has 2 aliphatic heterocycles. The van der Waals surface area contributed by atoms with E-state index in [0.717, 1.165) is 24.2 Å². The second-order valence-electron chi connectivity index (χ2n) is 8.14. The van der Waals surface area contributed by atoms with Gasteiger partial charge in [-0.1, -0.05) is 43.7 Å². The highest BCUT2D eigenvalue weighted by Crippen LogP contribution is 2.33. The third kappa shape index (κ3) is 3.31. The number of benzene rings is 1. The lowest BCUT2D eigenvalue weighted by Crippen LogP contribution is -2.58. The highest BCUT2D eigenvalue weighted by Gasteiger charge is 2.41. The van der Waals surface area contributed by atoms with Crippen molar-refractivity contribution in [3.05, 3.63) is 35.4 Å². The number of hydrogen-bond acceptors (Lipinski definition) is 2. The van der Waals surface area contributed by atoms with E-state index in [1.54, 1.807) is 0 Å². The average Bonchev–Trinajstić information content (AvgIpc) is 2.61. The van der Waals surface area contributed by atoms with Crippen LogP contribution < -0.4 is 0 Å². The molecule has 0 N–H and O–H groups in total. The standard InChI is InChI=1S/C21H30N2O2/c1-13-6-8-18(9-7-13)19(21(25)23-12-15(3)17(23)5)10-20(24)22-11-14(2)16(22)4/h6-9,14-17,19H,10-12H2,1-5H3. The zero-order valence-corrected chi connectivity index (χ0v) is 16.0. The van der Waals surface area contributed by atoms with Crippen LogP contribution in [-0.4, -0.2) is 46.8 Å². The maximum Gasteiger partial charge on any atom is 0.230 e. The average molecular weight is 342 g/mol. The van der Waals surface area contributed by atoms with Gasteiger partial charge in [0.15, 0.2) is 0 Å². The van der Waals surface area contributed by atoms with Gasteiger partial charge in [0.1, 0.15) is 0 Å². The summed E-state index contributed by atoms with van der Waals surface area (Å²) in [6, 6.07) is 8.60. The number of carbonyl (C=O) groups is 2. The Balaban J connectivity index is 1.78. The van der Waals surface area contributed by atoms with Crippen LogP contribution in [0.25, 0.3) is 0 Å². The molecule has 5 atom stereocenters. The van der Waals surface area contributed by atoms with Gasteiger partial charge in [0.25, 0.3) is 0 Å². The molecular weight excluding hydrogens is 312 g/mol. The molecule has 4 heteroatoms. The molecule has 0 radical (unpaired) electrons. The number of nitrogens with zero attached hydrogens (tertiary/aromatic N) is 2. The van der Waals surface area contributed by atoms with E-state index in [9.17, 15) is 9.59 Å². The molecule has 0 aliphatic carbocycles. The van der Waals surface area contributed by atoms with Crippen molar-refractivity contribution in [1.82, 2.24) is 9.80 Å². The largest absolute Gasteiger partial charge is 0.339 e. The summed E-state index contributed by atoms with van der Waals surface area (Å²) in [6.45, 7) is 12.2. The van der Waals surface area contributed by atoms with Crippen molar-refractivity contribution < 1.29 is 9.59 Å². The third-order valence-corrected chi connectivity index (χ3v) is 6.36. The van der Waals surface area contributed by atoms with E-state index >= 15 is 0 Å². The maximum absolute atomic E-state index is 13.1. The first-order chi connectivity index (χ1) is 11.8. The van der Waals surface area contributed by atoms with Crippen LogP contribution in [0.1, 0.15) is 51.2 Å². The molecule has 2 amide bonds. The van der Waals surface area contributed by atoms with Gasteiger partial charge in [-0.2, -0.15) is 0 Å². The van der Waals surface area contributed by atoms with E-state index in [2.05, 4.69) is 27.7 Å². The van der Waals surface area contributed by atoms with Crippen LogP contribution in [0.5, 0.6) is 0 Å². The van der Waals surface area contributed by atoms with Gasteiger partial charge in [-0.3, -0.25) is 9.59 Å². The summed E-state index contributed by atoms with van der Waals surface area (Å²) in [4.78, 5) is 29.8. The molecular formula is C21H30N2O2. The number of amides is 2. The first-order valence-corrected chi connectivity index (χ1v) is 9.46. The molecule has 2 saturated heterocycles. The molecule has 136 valence electrons. The summed E-state index contributed by atoms with van der Waals surface area (Å²) in [5, 5.41) is 0. The second kappa shape index (κ2) is 6.81. The van der Waals surface area contributed by atoms with Crippen molar-refractivity contribution in [1.29, 1.82) is 0 Å². The summed E-state index contributed by atoms with van der Waals surface area (Å²) in [5.41, 5.74) is 2.12. The molecule has 2 fully saturated rings. The molecule has 25 heavy (non-hydrogen) atoms. The highest BCUT2D eigenvalue weighted by atomic mass is 16.2. The Morgan fingerprint density at radius 2 is 1.48 bits per heavy atom. The van der Waals surface area contributed by atoms with E-state index in [1.165, 1.54) is 0 Å². The molecule has 2 heterocycles. The van der Waals surface area contributed by atoms with Crippen LogP contribution in [0.3, 0.4) is 0 Å². The van der Waals surface area contributed by atoms with Gasteiger partial charge in [-0.15, -0.1) is 0 Å². The minimum absolute atomic E-state index is 0.101. The Hall–Kier alpha value is -1.84. The summed E-state index contributed by atoms with van der Waals surface area (Å²) in [5.74, 6) is 0.921. The molecule has 4 nitrogen and oxygen atoms in total. The highest BCUT2D eigenvalue weighted by molar-refractivity contribution is 5.90. The number of likely N-dealkylation sites (tertiary alicyclic amines) is 2. The smallest absolute Gasteiger partial charge is 0.230 e. The monoisotopic (exact) mass is 342 g/mol. The maximum atomic E-state index is 13.1. The Labute approximate surface area is 151 Å². The minimum Gasteiger partial charge on any atom is -0.339 e. The molecule has 3 rings (SSSR count). The fourth-order valence-corrected chi connectivity index (χ4v) is 3.85. The molecule has 2 aliphatic rings. The van der Waals surface area contributed by atoms with Gasteiger partial charge in [-0.05, 0) is 38.2 Å². The SMILES string of the molecule is Cc1ccc(C(CC(=O)N2CC(C)C2C)C(=O)N2CC(C)C2C)cc1. The lowest BCUT2D eigenvalue weighted by molar-refractivity contribution is -0.150. The molecule has 1 aromatic carbocycles. The van der Waals surface area contributed by atoms with Gasteiger partial charge in [-0.25, -0.2) is 0 Å². The summed E-state index contributed by atoms with van der Waals surface area (Å²) >= 11 is 0. The fourth-order valence-electron chi connectivity index (χ4n) is 3.85. The van der Waals surface area contributed by atoms with Gasteiger partial charge in [0.2, 0.25) is 11.8 Å². The Morgan fingerprint density at radius 3 is 1.96 bits per heavy atom. The van der Waals surface area contributed by atoms with Crippen LogP contribution >= 0.6 is 0 Å². The topological polar surface area (TPSA) is 40.6 Å². The quantitative estimate of drug-likeness (QED) is 0.843. The molecule has 0 saturated carbocycles. The molecule has 1 aromatic rings. The number of aryl methyl sites for hydroxylation is 1. The molecule has 0 bridgehead atoms. The van der Waals surface area contributed by atoms with Crippen LogP contribution in [-0.2, 0) is 9.59 Å². The zero-order chi connectivity index (χ0) is 18.3. The Bertz CT molecular complexity index is 654. The van der Waals surface area contributed by atoms with Crippen molar-refractivity contribution in [2.75, 3.05) is 13.1 Å². The van der Waals surface area contributed by atoms with Crippen molar-refractivity contribution in [3.63, 3.8) is 0 Å². The molecule has 5 unspecified atom stereocenters. The van der Waals surface area contributed by atoms with Crippen LogP contribution in [0.15, 0.2) is 24.3 Å². The molecule has 0 aromatic heterocycles. The van der Waals surface area contributed by atoms with E-state index < -0.39 is 0 Å². The van der Waals surface area contributed by atoms with E-state index in [-0.39, 0.29) is 36.2 Å². The lowest BCUT2D eigenvalue weighted by atomic mass is 9.85. The predicted octanol–water partition coefficient (Wildman–Crippen LogP) is 3.20. The van der Waals surface area contributed by atoms with Crippen molar-refractivity contribution in [3.8, 4) is 0 Å². The Morgan fingerprint density at radius 1 is 0.960 bits per heavy atom. The van der Waals surface area contributed by atoms with Crippen molar-refractivity contribution in [2.24, 2.45) is 11.8 Å². The van der Waals surface area contributed by atoms with Crippen LogP contribution in [0.4, 0.5) is 0 Å². The number of hydrogen-bond donors (Lipinski definition) is 0. The third-order valence-electron chi connectivity index (χ3n) is 6.36. The second-order valence-corrected chi connectivity index (χ2v) is 8.14. The summed E-state index contributed by atoms with van der Waals surface area (Å²) in [7, 11) is 0. The first kappa shape index (κ1) is 18.0. The van der Waals surface area contributed by atoms with Crippen LogP contribution in [0.2, 0.25) is 0 Å². The Kier molecular flexibility index (Phi) is 4.90. The summed E-state index contributed by atoms with van der Waals surface area (Å²) < 4.78 is 0. The van der Waals surface area contributed by atoms with Crippen molar-refractivity contribution in [2.45, 2.75) is 59.0 Å². The van der Waals surface area contributed by atoms with Gasteiger partial charge >= 0.3 is 0 Å². The number of rotatable bonds is 4. The normalized spacial score (nSPS) is 29.6. The van der Waals surface area contributed by atoms with Gasteiger partial charge in [0, 0.05) is 31.6 Å². The van der Waals surface area contributed by atoms with Gasteiger partial charge in [0.05, 0.1) is 5.92 Å². The molecule has 0 spiro atoms. The van der Waals surface area contributed by atoms with E-state index in [4.69, 9.17) is 0 Å². The lowest BCUT2D eigenvalue weighted by Gasteiger charge is -2.47. The van der Waals surface area contributed by atoms with Crippen molar-refractivity contribution >= 4 is 11.8 Å². The number of carbonyl (C=O) groups excluding carboxylic acids is 2. The van der Waals surface area contributed by atoms with E-state index in [1.807, 2.05) is 41.0 Å². The summed E-state index contributed by atoms with van der Waals surface area (Å²) in [6.07, 6.45) is 0.274. The zero-order valence-electron chi connectivity index (χ0n) is 16.0. The van der Waals surface area contributed by atoms with Crippen LogP contribution in [0, 0.1) is 18.8 Å². The van der Waals surface area contributed by atoms with E-state index in [0.29, 0.717) is 11.8 Å².